The van der Waals surface area contributed by atoms with Gasteiger partial charge < -0.3 is 5.73 Å². The Bertz CT molecular complexity index is 584. The molecular formula is C14H17N3S. The molecule has 0 unspecified atom stereocenters. The molecule has 2 N–H and O–H groups in total. The fraction of sp³-hybridized carbons (Fsp3) is 0.286. The van der Waals surface area contributed by atoms with Crippen LogP contribution in [0.2, 0.25) is 0 Å². The molecule has 0 aliphatic rings. The molecule has 0 aliphatic heterocycles. The topological polar surface area (TPSA) is 43.8 Å². The van der Waals surface area contributed by atoms with Crippen LogP contribution in [0.4, 0.5) is 0 Å². The minimum atomic E-state index is 0.424. The molecule has 0 saturated heterocycles. The van der Waals surface area contributed by atoms with Crippen LogP contribution in [0, 0.1) is 6.92 Å². The number of hydrogen-bond acceptors (Lipinski definition) is 2. The van der Waals surface area contributed by atoms with E-state index in [0.29, 0.717) is 10.9 Å². The molecule has 0 saturated carbocycles. The number of rotatable bonds is 3. The van der Waals surface area contributed by atoms with Crippen molar-refractivity contribution in [2.45, 2.75) is 26.7 Å². The average Bonchev–Trinajstić information content (AvgIpc) is 2.78. The van der Waals surface area contributed by atoms with Crippen LogP contribution < -0.4 is 5.73 Å². The molecule has 0 amide bonds. The molecule has 2 aromatic rings. The summed E-state index contributed by atoms with van der Waals surface area (Å²) >= 11 is 4.98. The number of hydrogen-bond donors (Lipinski definition) is 1. The standard InChI is InChI=1S/C14H17N3S/c1-9(2)12-6-7-17(16-12)13-5-4-11(14(15)18)8-10(13)3/h4-9H,1-3H3,(H2,15,18). The lowest BCUT2D eigenvalue weighted by atomic mass is 10.1. The summed E-state index contributed by atoms with van der Waals surface area (Å²) in [5.41, 5.74) is 9.77. The molecule has 0 bridgehead atoms. The van der Waals surface area contributed by atoms with Gasteiger partial charge in [-0.15, -0.1) is 0 Å². The first kappa shape index (κ1) is 12.8. The van der Waals surface area contributed by atoms with Crippen molar-refractivity contribution in [3.63, 3.8) is 0 Å². The number of aryl methyl sites for hydroxylation is 1. The number of aromatic nitrogens is 2. The van der Waals surface area contributed by atoms with Gasteiger partial charge in [-0.05, 0) is 42.7 Å². The van der Waals surface area contributed by atoms with Crippen molar-refractivity contribution in [1.82, 2.24) is 9.78 Å². The van der Waals surface area contributed by atoms with Gasteiger partial charge >= 0.3 is 0 Å². The highest BCUT2D eigenvalue weighted by molar-refractivity contribution is 7.80. The number of benzene rings is 1. The Kier molecular flexibility index (Phi) is 3.48. The van der Waals surface area contributed by atoms with E-state index in [1.807, 2.05) is 42.1 Å². The highest BCUT2D eigenvalue weighted by atomic mass is 32.1. The molecule has 3 nitrogen and oxygen atoms in total. The highest BCUT2D eigenvalue weighted by Crippen LogP contribution is 2.18. The van der Waals surface area contributed by atoms with E-state index in [4.69, 9.17) is 18.0 Å². The van der Waals surface area contributed by atoms with E-state index in [0.717, 1.165) is 22.5 Å². The Balaban J connectivity index is 2.41. The van der Waals surface area contributed by atoms with Gasteiger partial charge in [0.25, 0.3) is 0 Å². The lowest BCUT2D eigenvalue weighted by Crippen LogP contribution is -2.10. The predicted molar refractivity (Wildman–Crippen MR) is 78.3 cm³/mol. The number of nitrogens with two attached hydrogens (primary N) is 1. The van der Waals surface area contributed by atoms with Crippen molar-refractivity contribution in [2.75, 3.05) is 0 Å². The Morgan fingerprint density at radius 2 is 2.06 bits per heavy atom. The SMILES string of the molecule is Cc1cc(C(N)=S)ccc1-n1ccc(C(C)C)n1. The monoisotopic (exact) mass is 259 g/mol. The smallest absolute Gasteiger partial charge is 0.103 e. The van der Waals surface area contributed by atoms with E-state index < -0.39 is 0 Å². The summed E-state index contributed by atoms with van der Waals surface area (Å²) in [5, 5.41) is 4.57. The summed E-state index contributed by atoms with van der Waals surface area (Å²) in [6.45, 7) is 6.30. The van der Waals surface area contributed by atoms with Crippen LogP contribution in [0.15, 0.2) is 30.5 Å². The Labute approximate surface area is 113 Å². The van der Waals surface area contributed by atoms with Gasteiger partial charge in [0.1, 0.15) is 4.99 Å². The zero-order chi connectivity index (χ0) is 13.3. The maximum Gasteiger partial charge on any atom is 0.103 e. The van der Waals surface area contributed by atoms with Gasteiger partial charge in [0.2, 0.25) is 0 Å². The Morgan fingerprint density at radius 1 is 1.33 bits per heavy atom. The summed E-state index contributed by atoms with van der Waals surface area (Å²) in [7, 11) is 0. The molecule has 0 atom stereocenters. The molecule has 4 heteroatoms. The fourth-order valence-corrected chi connectivity index (χ4v) is 1.97. The fourth-order valence-electron chi connectivity index (χ4n) is 1.85. The van der Waals surface area contributed by atoms with Crippen molar-refractivity contribution in [3.05, 3.63) is 47.3 Å². The largest absolute Gasteiger partial charge is 0.389 e. The van der Waals surface area contributed by atoms with E-state index in [-0.39, 0.29) is 0 Å². The highest BCUT2D eigenvalue weighted by Gasteiger charge is 2.07. The zero-order valence-corrected chi connectivity index (χ0v) is 11.7. The molecule has 1 heterocycles. The third-order valence-electron chi connectivity index (χ3n) is 2.93. The van der Waals surface area contributed by atoms with Crippen molar-refractivity contribution in [3.8, 4) is 5.69 Å². The zero-order valence-electron chi connectivity index (χ0n) is 10.8. The third-order valence-corrected chi connectivity index (χ3v) is 3.17. The molecule has 0 aliphatic carbocycles. The summed E-state index contributed by atoms with van der Waals surface area (Å²) in [5.74, 6) is 0.433. The van der Waals surface area contributed by atoms with E-state index in [2.05, 4.69) is 18.9 Å². The van der Waals surface area contributed by atoms with Crippen LogP contribution in [0.25, 0.3) is 5.69 Å². The van der Waals surface area contributed by atoms with Gasteiger partial charge in [-0.3, -0.25) is 0 Å². The molecule has 0 spiro atoms. The number of thiocarbonyl (C=S) groups is 1. The summed E-state index contributed by atoms with van der Waals surface area (Å²) in [6.07, 6.45) is 1.98. The Morgan fingerprint density at radius 3 is 2.56 bits per heavy atom. The predicted octanol–water partition coefficient (Wildman–Crippen LogP) is 2.94. The van der Waals surface area contributed by atoms with E-state index >= 15 is 0 Å². The van der Waals surface area contributed by atoms with Crippen LogP contribution >= 0.6 is 12.2 Å². The van der Waals surface area contributed by atoms with E-state index in [1.54, 1.807) is 0 Å². The second-order valence-corrected chi connectivity index (χ2v) is 5.15. The first-order valence-corrected chi connectivity index (χ1v) is 6.36. The molecule has 0 radical (unpaired) electrons. The van der Waals surface area contributed by atoms with Crippen molar-refractivity contribution in [2.24, 2.45) is 5.73 Å². The van der Waals surface area contributed by atoms with Crippen LogP contribution in [0.1, 0.15) is 36.6 Å². The minimum absolute atomic E-state index is 0.424. The van der Waals surface area contributed by atoms with Gasteiger partial charge in [-0.1, -0.05) is 26.1 Å². The molecule has 1 aromatic heterocycles. The normalized spacial score (nSPS) is 10.9. The molecule has 1 aromatic carbocycles. The quantitative estimate of drug-likeness (QED) is 0.862. The molecule has 2 rings (SSSR count). The average molecular weight is 259 g/mol. The molecular weight excluding hydrogens is 242 g/mol. The van der Waals surface area contributed by atoms with E-state index in [9.17, 15) is 0 Å². The molecule has 0 fully saturated rings. The number of nitrogens with zero attached hydrogens (tertiary/aromatic N) is 2. The van der Waals surface area contributed by atoms with Crippen molar-refractivity contribution in [1.29, 1.82) is 0 Å². The second kappa shape index (κ2) is 4.90. The van der Waals surface area contributed by atoms with Crippen LogP contribution in [-0.4, -0.2) is 14.8 Å². The molecule has 94 valence electrons. The second-order valence-electron chi connectivity index (χ2n) is 4.71. The summed E-state index contributed by atoms with van der Waals surface area (Å²) in [6, 6.07) is 7.97. The van der Waals surface area contributed by atoms with Gasteiger partial charge in [0, 0.05) is 11.8 Å². The summed E-state index contributed by atoms with van der Waals surface area (Å²) in [4.78, 5) is 0.424. The minimum Gasteiger partial charge on any atom is -0.389 e. The van der Waals surface area contributed by atoms with Gasteiger partial charge in [0.15, 0.2) is 0 Å². The maximum absolute atomic E-state index is 5.62. The van der Waals surface area contributed by atoms with Crippen LogP contribution in [-0.2, 0) is 0 Å². The van der Waals surface area contributed by atoms with Gasteiger partial charge in [-0.25, -0.2) is 4.68 Å². The van der Waals surface area contributed by atoms with Crippen LogP contribution in [0.3, 0.4) is 0 Å². The van der Waals surface area contributed by atoms with Crippen molar-refractivity contribution >= 4 is 17.2 Å². The first-order chi connectivity index (χ1) is 8.49. The van der Waals surface area contributed by atoms with E-state index in [1.165, 1.54) is 0 Å². The molecule has 18 heavy (non-hydrogen) atoms. The lowest BCUT2D eigenvalue weighted by molar-refractivity contribution is 0.766. The lowest BCUT2D eigenvalue weighted by Gasteiger charge is -2.08. The van der Waals surface area contributed by atoms with Gasteiger partial charge in [0.05, 0.1) is 11.4 Å². The van der Waals surface area contributed by atoms with Crippen LogP contribution in [0.5, 0.6) is 0 Å². The van der Waals surface area contributed by atoms with Crippen molar-refractivity contribution < 1.29 is 0 Å². The summed E-state index contributed by atoms with van der Waals surface area (Å²) < 4.78 is 1.90. The first-order valence-electron chi connectivity index (χ1n) is 5.95. The van der Waals surface area contributed by atoms with Gasteiger partial charge in [-0.2, -0.15) is 5.10 Å². The third kappa shape index (κ3) is 2.43. The maximum atomic E-state index is 5.62. The Hall–Kier alpha value is -1.68.